The third-order valence-electron chi connectivity index (χ3n) is 3.77. The fraction of sp³-hybridized carbons (Fsp3) is 0.562. The largest absolute Gasteiger partial charge is 0.356 e. The van der Waals surface area contributed by atoms with Gasteiger partial charge in [0.15, 0.2) is 5.96 Å². The second-order valence-corrected chi connectivity index (χ2v) is 6.17. The molecule has 0 fully saturated rings. The number of guanidine groups is 1. The second kappa shape index (κ2) is 10.3. The number of halogens is 1. The molecule has 1 aliphatic carbocycles. The van der Waals surface area contributed by atoms with Crippen LogP contribution in [0.15, 0.2) is 29.3 Å². The third-order valence-corrected chi connectivity index (χ3v) is 4.47. The Balaban J connectivity index is 0.00000220. The monoisotopic (exact) mass is 419 g/mol. The molecule has 0 saturated heterocycles. The predicted molar refractivity (Wildman–Crippen MR) is 105 cm³/mol. The highest BCUT2D eigenvalue weighted by molar-refractivity contribution is 14.0. The zero-order valence-corrected chi connectivity index (χ0v) is 16.0. The predicted octanol–water partition coefficient (Wildman–Crippen LogP) is 3.25. The number of rotatable bonds is 7. The van der Waals surface area contributed by atoms with Gasteiger partial charge in [0.1, 0.15) is 0 Å². The van der Waals surface area contributed by atoms with Crippen LogP contribution in [0.3, 0.4) is 0 Å². The number of fused-ring (bicyclic) bond motifs is 1. The van der Waals surface area contributed by atoms with Gasteiger partial charge in [0.25, 0.3) is 0 Å². The Morgan fingerprint density at radius 1 is 1.29 bits per heavy atom. The summed E-state index contributed by atoms with van der Waals surface area (Å²) < 4.78 is 0. The summed E-state index contributed by atoms with van der Waals surface area (Å²) in [5.74, 6) is 2.81. The van der Waals surface area contributed by atoms with Crippen molar-refractivity contribution < 1.29 is 0 Å². The highest BCUT2D eigenvalue weighted by Crippen LogP contribution is 2.33. The number of unbranched alkanes of at least 4 members (excludes halogenated alkanes) is 1. The van der Waals surface area contributed by atoms with Crippen LogP contribution in [0.1, 0.15) is 29.9 Å². The highest BCUT2D eigenvalue weighted by Gasteiger charge is 2.24. The first-order valence-electron chi connectivity index (χ1n) is 7.36. The van der Waals surface area contributed by atoms with Gasteiger partial charge in [-0.15, -0.1) is 24.0 Å². The van der Waals surface area contributed by atoms with Crippen molar-refractivity contribution in [2.45, 2.75) is 25.2 Å². The SMILES string of the molecule is CN=C(NCCCCSC)NCC1Cc2ccccc21.I. The third kappa shape index (κ3) is 5.70. The van der Waals surface area contributed by atoms with Crippen LogP contribution >= 0.6 is 35.7 Å². The quantitative estimate of drug-likeness (QED) is 0.308. The molecule has 1 aromatic carbocycles. The summed E-state index contributed by atoms with van der Waals surface area (Å²) in [7, 11) is 1.84. The lowest BCUT2D eigenvalue weighted by molar-refractivity contribution is 0.582. The van der Waals surface area contributed by atoms with E-state index in [1.54, 1.807) is 0 Å². The molecule has 2 N–H and O–H groups in total. The lowest BCUT2D eigenvalue weighted by atomic mass is 9.78. The number of benzene rings is 1. The number of nitrogens with one attached hydrogen (secondary N) is 2. The molecule has 1 aromatic rings. The first kappa shape index (κ1) is 18.6. The molecule has 1 aliphatic rings. The molecular formula is C16H26IN3S. The van der Waals surface area contributed by atoms with Crippen LogP contribution in [0, 0.1) is 0 Å². The number of hydrogen-bond donors (Lipinski definition) is 2. The number of thioether (sulfide) groups is 1. The summed E-state index contributed by atoms with van der Waals surface area (Å²) >= 11 is 1.91. The molecule has 0 amide bonds. The summed E-state index contributed by atoms with van der Waals surface area (Å²) in [6.07, 6.45) is 5.81. The minimum atomic E-state index is 0. The fourth-order valence-corrected chi connectivity index (χ4v) is 3.06. The van der Waals surface area contributed by atoms with E-state index in [9.17, 15) is 0 Å². The maximum atomic E-state index is 4.28. The van der Waals surface area contributed by atoms with Gasteiger partial charge in [-0.3, -0.25) is 4.99 Å². The van der Waals surface area contributed by atoms with Crippen LogP contribution in [0.4, 0.5) is 0 Å². The molecule has 0 heterocycles. The fourth-order valence-electron chi connectivity index (χ4n) is 2.56. The summed E-state index contributed by atoms with van der Waals surface area (Å²) in [4.78, 5) is 4.28. The summed E-state index contributed by atoms with van der Waals surface area (Å²) in [6, 6.07) is 8.72. The molecule has 2 rings (SSSR count). The average molecular weight is 419 g/mol. The molecule has 0 aromatic heterocycles. The topological polar surface area (TPSA) is 36.4 Å². The van der Waals surface area contributed by atoms with Gasteiger partial charge < -0.3 is 10.6 Å². The maximum Gasteiger partial charge on any atom is 0.190 e. The minimum absolute atomic E-state index is 0. The van der Waals surface area contributed by atoms with Crippen molar-refractivity contribution in [1.29, 1.82) is 0 Å². The van der Waals surface area contributed by atoms with Gasteiger partial charge in [-0.1, -0.05) is 24.3 Å². The Bertz CT molecular complexity index is 451. The van der Waals surface area contributed by atoms with E-state index < -0.39 is 0 Å². The molecule has 0 radical (unpaired) electrons. The zero-order chi connectivity index (χ0) is 14.2. The highest BCUT2D eigenvalue weighted by atomic mass is 127. The van der Waals surface area contributed by atoms with E-state index in [0.29, 0.717) is 5.92 Å². The normalized spacial score (nSPS) is 16.5. The van der Waals surface area contributed by atoms with E-state index in [1.807, 2.05) is 18.8 Å². The Labute approximate surface area is 149 Å². The van der Waals surface area contributed by atoms with Gasteiger partial charge in [-0.25, -0.2) is 0 Å². The van der Waals surface area contributed by atoms with E-state index in [0.717, 1.165) is 19.0 Å². The van der Waals surface area contributed by atoms with Gasteiger partial charge in [-0.05, 0) is 42.4 Å². The van der Waals surface area contributed by atoms with Gasteiger partial charge in [0.05, 0.1) is 0 Å². The smallest absolute Gasteiger partial charge is 0.190 e. The van der Waals surface area contributed by atoms with Crippen molar-refractivity contribution >= 4 is 41.7 Å². The van der Waals surface area contributed by atoms with Crippen molar-refractivity contribution in [1.82, 2.24) is 10.6 Å². The van der Waals surface area contributed by atoms with E-state index in [1.165, 1.54) is 36.1 Å². The van der Waals surface area contributed by atoms with Crippen molar-refractivity contribution in [3.63, 3.8) is 0 Å². The van der Waals surface area contributed by atoms with Gasteiger partial charge >= 0.3 is 0 Å². The Morgan fingerprint density at radius 2 is 2.10 bits per heavy atom. The van der Waals surface area contributed by atoms with E-state index in [2.05, 4.69) is 46.1 Å². The molecular weight excluding hydrogens is 393 g/mol. The molecule has 3 nitrogen and oxygen atoms in total. The van der Waals surface area contributed by atoms with E-state index in [4.69, 9.17) is 0 Å². The van der Waals surface area contributed by atoms with Gasteiger partial charge in [-0.2, -0.15) is 11.8 Å². The number of nitrogens with zero attached hydrogens (tertiary/aromatic N) is 1. The van der Waals surface area contributed by atoms with Crippen LogP contribution in [0.25, 0.3) is 0 Å². The minimum Gasteiger partial charge on any atom is -0.356 e. The molecule has 5 heteroatoms. The standard InChI is InChI=1S/C16H25N3S.HI/c1-17-16(18-9-5-6-10-20-2)19-12-14-11-13-7-3-4-8-15(13)14;/h3-4,7-8,14H,5-6,9-12H2,1-2H3,(H2,17,18,19);1H. The van der Waals surface area contributed by atoms with Gasteiger partial charge in [0.2, 0.25) is 0 Å². The second-order valence-electron chi connectivity index (χ2n) is 5.18. The number of hydrogen-bond acceptors (Lipinski definition) is 2. The molecule has 21 heavy (non-hydrogen) atoms. The molecule has 0 saturated carbocycles. The van der Waals surface area contributed by atoms with Crippen molar-refractivity contribution in [3.8, 4) is 0 Å². The molecule has 0 spiro atoms. The molecule has 118 valence electrons. The van der Waals surface area contributed by atoms with Crippen LogP contribution < -0.4 is 10.6 Å². The molecule has 1 unspecified atom stereocenters. The van der Waals surface area contributed by atoms with Crippen molar-refractivity contribution in [3.05, 3.63) is 35.4 Å². The Morgan fingerprint density at radius 3 is 2.81 bits per heavy atom. The molecule has 1 atom stereocenters. The summed E-state index contributed by atoms with van der Waals surface area (Å²) in [5, 5.41) is 6.82. The molecule has 0 aliphatic heterocycles. The Hall–Kier alpha value is -0.430. The first-order valence-corrected chi connectivity index (χ1v) is 8.75. The van der Waals surface area contributed by atoms with Crippen LogP contribution in [-0.4, -0.2) is 38.1 Å². The van der Waals surface area contributed by atoms with Crippen molar-refractivity contribution in [2.75, 3.05) is 32.1 Å². The Kier molecular flexibility index (Phi) is 9.15. The summed E-state index contributed by atoms with van der Waals surface area (Å²) in [5.41, 5.74) is 3.00. The number of aliphatic imine (C=N–C) groups is 1. The van der Waals surface area contributed by atoms with Crippen LogP contribution in [0.5, 0.6) is 0 Å². The van der Waals surface area contributed by atoms with Crippen LogP contribution in [-0.2, 0) is 6.42 Å². The van der Waals surface area contributed by atoms with Crippen LogP contribution in [0.2, 0.25) is 0 Å². The lowest BCUT2D eigenvalue weighted by Gasteiger charge is -2.30. The average Bonchev–Trinajstić information content (AvgIpc) is 2.46. The molecule has 0 bridgehead atoms. The first-order chi connectivity index (χ1) is 9.85. The van der Waals surface area contributed by atoms with E-state index in [-0.39, 0.29) is 24.0 Å². The van der Waals surface area contributed by atoms with Gasteiger partial charge in [0, 0.05) is 26.1 Å². The summed E-state index contributed by atoms with van der Waals surface area (Å²) in [6.45, 7) is 1.98. The van der Waals surface area contributed by atoms with Crippen molar-refractivity contribution in [2.24, 2.45) is 4.99 Å². The zero-order valence-electron chi connectivity index (χ0n) is 12.9. The lowest BCUT2D eigenvalue weighted by Crippen LogP contribution is -2.41. The van der Waals surface area contributed by atoms with E-state index >= 15 is 0 Å². The maximum absolute atomic E-state index is 4.28.